The standard InChI is InChI=1S/C13H9NOS/c15-11-6-5-9-3-1-2-4-10(9)13(11)12-7-8-14-16-12/h1-8,15H. The molecule has 0 aliphatic heterocycles. The molecule has 0 radical (unpaired) electrons. The number of rotatable bonds is 1. The Balaban J connectivity index is 2.42. The molecule has 16 heavy (non-hydrogen) atoms. The highest BCUT2D eigenvalue weighted by Crippen LogP contribution is 2.37. The topological polar surface area (TPSA) is 33.1 Å². The van der Waals surface area contributed by atoms with Crippen LogP contribution in [0, 0.1) is 0 Å². The van der Waals surface area contributed by atoms with Crippen molar-refractivity contribution < 1.29 is 5.11 Å². The van der Waals surface area contributed by atoms with Crippen LogP contribution in [0.1, 0.15) is 0 Å². The van der Waals surface area contributed by atoms with Crippen molar-refractivity contribution in [2.45, 2.75) is 0 Å². The molecule has 78 valence electrons. The summed E-state index contributed by atoms with van der Waals surface area (Å²) < 4.78 is 4.08. The first-order chi connectivity index (χ1) is 7.86. The van der Waals surface area contributed by atoms with Crippen LogP contribution in [0.2, 0.25) is 0 Å². The van der Waals surface area contributed by atoms with Gasteiger partial charge in [0.1, 0.15) is 5.75 Å². The van der Waals surface area contributed by atoms with Gasteiger partial charge in [-0.05, 0) is 34.4 Å². The summed E-state index contributed by atoms with van der Waals surface area (Å²) in [5.74, 6) is 0.308. The molecule has 1 heterocycles. The van der Waals surface area contributed by atoms with Gasteiger partial charge in [-0.15, -0.1) is 0 Å². The minimum atomic E-state index is 0.308. The maximum atomic E-state index is 9.96. The van der Waals surface area contributed by atoms with Gasteiger partial charge in [0.25, 0.3) is 0 Å². The van der Waals surface area contributed by atoms with Gasteiger partial charge in [0, 0.05) is 11.8 Å². The molecule has 0 atom stereocenters. The number of phenols is 1. The summed E-state index contributed by atoms with van der Waals surface area (Å²) in [4.78, 5) is 0.995. The summed E-state index contributed by atoms with van der Waals surface area (Å²) in [7, 11) is 0. The molecule has 3 heteroatoms. The van der Waals surface area contributed by atoms with Crippen LogP contribution in [-0.2, 0) is 0 Å². The Bertz CT molecular complexity index is 631. The van der Waals surface area contributed by atoms with E-state index in [2.05, 4.69) is 4.37 Å². The van der Waals surface area contributed by atoms with E-state index in [0.717, 1.165) is 21.2 Å². The number of hydrogen-bond acceptors (Lipinski definition) is 3. The summed E-state index contributed by atoms with van der Waals surface area (Å²) in [6.45, 7) is 0. The molecule has 3 aromatic rings. The number of hydrogen-bond donors (Lipinski definition) is 1. The molecule has 0 aliphatic carbocycles. The Morgan fingerprint density at radius 2 is 1.88 bits per heavy atom. The lowest BCUT2D eigenvalue weighted by Crippen LogP contribution is -1.79. The number of aromatic hydroxyl groups is 1. The summed E-state index contributed by atoms with van der Waals surface area (Å²) in [6, 6.07) is 13.6. The lowest BCUT2D eigenvalue weighted by atomic mass is 10.0. The molecule has 1 aromatic heterocycles. The largest absolute Gasteiger partial charge is 0.507 e. The van der Waals surface area contributed by atoms with Crippen molar-refractivity contribution in [1.82, 2.24) is 4.37 Å². The Hall–Kier alpha value is -1.87. The first-order valence-corrected chi connectivity index (χ1v) is 5.75. The van der Waals surface area contributed by atoms with Gasteiger partial charge in [0.05, 0.1) is 4.88 Å². The molecule has 0 amide bonds. The van der Waals surface area contributed by atoms with Crippen LogP contribution in [0.15, 0.2) is 48.7 Å². The molecule has 2 nitrogen and oxygen atoms in total. The van der Waals surface area contributed by atoms with E-state index in [1.165, 1.54) is 11.5 Å². The molecule has 1 N–H and O–H groups in total. The third-order valence-electron chi connectivity index (χ3n) is 2.59. The van der Waals surface area contributed by atoms with E-state index in [9.17, 15) is 5.11 Å². The summed E-state index contributed by atoms with van der Waals surface area (Å²) in [5, 5.41) is 12.1. The van der Waals surface area contributed by atoms with Crippen LogP contribution in [0.5, 0.6) is 5.75 Å². The Morgan fingerprint density at radius 3 is 2.69 bits per heavy atom. The molecule has 0 unspecified atom stereocenters. The molecule has 2 aromatic carbocycles. The predicted octanol–water partition coefficient (Wildman–Crippen LogP) is 3.67. The van der Waals surface area contributed by atoms with Gasteiger partial charge in [-0.2, -0.15) is 0 Å². The monoisotopic (exact) mass is 227 g/mol. The Kier molecular flexibility index (Phi) is 2.11. The quantitative estimate of drug-likeness (QED) is 0.688. The molecule has 0 bridgehead atoms. The third-order valence-corrected chi connectivity index (χ3v) is 3.36. The molecule has 0 aliphatic rings. The van der Waals surface area contributed by atoms with E-state index < -0.39 is 0 Å². The van der Waals surface area contributed by atoms with Crippen LogP contribution in [0.25, 0.3) is 21.2 Å². The van der Waals surface area contributed by atoms with Gasteiger partial charge in [-0.25, -0.2) is 4.37 Å². The van der Waals surface area contributed by atoms with Crippen molar-refractivity contribution in [1.29, 1.82) is 0 Å². The molecule has 0 fully saturated rings. The Labute approximate surface area is 97.0 Å². The average molecular weight is 227 g/mol. The molecular weight excluding hydrogens is 218 g/mol. The van der Waals surface area contributed by atoms with Crippen LogP contribution in [0.3, 0.4) is 0 Å². The van der Waals surface area contributed by atoms with E-state index in [1.807, 2.05) is 36.4 Å². The Morgan fingerprint density at radius 1 is 1.00 bits per heavy atom. The van der Waals surface area contributed by atoms with Crippen molar-refractivity contribution in [2.24, 2.45) is 0 Å². The maximum absolute atomic E-state index is 9.96. The van der Waals surface area contributed by atoms with E-state index >= 15 is 0 Å². The SMILES string of the molecule is Oc1ccc2ccccc2c1-c1ccns1. The first-order valence-electron chi connectivity index (χ1n) is 4.98. The fourth-order valence-corrected chi connectivity index (χ4v) is 2.53. The number of aromatic nitrogens is 1. The summed E-state index contributed by atoms with van der Waals surface area (Å²) in [6.07, 6.45) is 1.75. The predicted molar refractivity (Wildman–Crippen MR) is 66.7 cm³/mol. The molecule has 0 spiro atoms. The van der Waals surface area contributed by atoms with Crippen LogP contribution >= 0.6 is 11.5 Å². The fourth-order valence-electron chi connectivity index (χ4n) is 1.86. The van der Waals surface area contributed by atoms with E-state index in [-0.39, 0.29) is 0 Å². The maximum Gasteiger partial charge on any atom is 0.124 e. The highest BCUT2D eigenvalue weighted by atomic mass is 32.1. The lowest BCUT2D eigenvalue weighted by Gasteiger charge is -2.06. The van der Waals surface area contributed by atoms with Crippen LogP contribution in [-0.4, -0.2) is 9.48 Å². The first kappa shape index (κ1) is 9.36. The zero-order valence-electron chi connectivity index (χ0n) is 8.42. The fraction of sp³-hybridized carbons (Fsp3) is 0. The highest BCUT2D eigenvalue weighted by molar-refractivity contribution is 7.09. The molecule has 0 saturated heterocycles. The van der Waals surface area contributed by atoms with Crippen molar-refractivity contribution in [2.75, 3.05) is 0 Å². The van der Waals surface area contributed by atoms with Gasteiger partial charge in [0.2, 0.25) is 0 Å². The second kappa shape index (κ2) is 3.61. The zero-order chi connectivity index (χ0) is 11.0. The second-order valence-electron chi connectivity index (χ2n) is 3.56. The van der Waals surface area contributed by atoms with Crippen molar-refractivity contribution in [3.8, 4) is 16.2 Å². The van der Waals surface area contributed by atoms with Gasteiger partial charge in [-0.3, -0.25) is 0 Å². The van der Waals surface area contributed by atoms with Crippen molar-refractivity contribution in [3.63, 3.8) is 0 Å². The van der Waals surface area contributed by atoms with Gasteiger partial charge in [-0.1, -0.05) is 30.3 Å². The smallest absolute Gasteiger partial charge is 0.124 e. The van der Waals surface area contributed by atoms with Crippen LogP contribution in [0.4, 0.5) is 0 Å². The summed E-state index contributed by atoms with van der Waals surface area (Å²) >= 11 is 1.40. The molecule has 0 saturated carbocycles. The third kappa shape index (κ3) is 1.37. The number of benzene rings is 2. The zero-order valence-corrected chi connectivity index (χ0v) is 9.24. The van der Waals surface area contributed by atoms with E-state index in [4.69, 9.17) is 0 Å². The minimum Gasteiger partial charge on any atom is -0.507 e. The molecule has 3 rings (SSSR count). The van der Waals surface area contributed by atoms with Crippen molar-refractivity contribution in [3.05, 3.63) is 48.7 Å². The number of fused-ring (bicyclic) bond motifs is 1. The average Bonchev–Trinajstić information content (AvgIpc) is 2.82. The van der Waals surface area contributed by atoms with Crippen molar-refractivity contribution >= 4 is 22.3 Å². The van der Waals surface area contributed by atoms with E-state index in [0.29, 0.717) is 5.75 Å². The van der Waals surface area contributed by atoms with Gasteiger partial charge >= 0.3 is 0 Å². The van der Waals surface area contributed by atoms with Gasteiger partial charge < -0.3 is 5.11 Å². The highest BCUT2D eigenvalue weighted by Gasteiger charge is 2.10. The second-order valence-corrected chi connectivity index (χ2v) is 4.39. The van der Waals surface area contributed by atoms with Gasteiger partial charge in [0.15, 0.2) is 0 Å². The number of phenolic OH excluding ortho intramolecular Hbond substituents is 1. The van der Waals surface area contributed by atoms with Crippen LogP contribution < -0.4 is 0 Å². The summed E-state index contributed by atoms with van der Waals surface area (Å²) in [5.41, 5.74) is 0.876. The van der Waals surface area contributed by atoms with E-state index in [1.54, 1.807) is 12.3 Å². The molecular formula is C13H9NOS. The minimum absolute atomic E-state index is 0.308. The number of nitrogens with zero attached hydrogens (tertiary/aromatic N) is 1. The normalized spacial score (nSPS) is 10.8. The lowest BCUT2D eigenvalue weighted by molar-refractivity contribution is 0.478.